The van der Waals surface area contributed by atoms with Crippen LogP contribution in [0.5, 0.6) is 0 Å². The largest absolute Gasteiger partial charge is 0.379 e. The lowest BCUT2D eigenvalue weighted by Gasteiger charge is -2.11. The Labute approximate surface area is 105 Å². The second kappa shape index (κ2) is 11.8. The number of nitrogens with zero attached hydrogens (tertiary/aromatic N) is 2. The monoisotopic (exact) mass is 246 g/mol. The molecule has 0 aromatic rings. The van der Waals surface area contributed by atoms with Crippen molar-refractivity contribution in [2.45, 2.75) is 13.8 Å². The smallest absolute Gasteiger partial charge is 0.0953 e. The summed E-state index contributed by atoms with van der Waals surface area (Å²) in [4.78, 5) is 6.32. The maximum Gasteiger partial charge on any atom is 0.0953 e. The molecule has 0 spiro atoms. The Hall–Kier alpha value is -0.650. The molecule has 5 heteroatoms. The van der Waals surface area contributed by atoms with Crippen LogP contribution in [0.3, 0.4) is 0 Å². The molecule has 0 aliphatic heterocycles. The van der Waals surface area contributed by atoms with E-state index in [-0.39, 0.29) is 0 Å². The van der Waals surface area contributed by atoms with Gasteiger partial charge in [0.05, 0.1) is 45.4 Å². The zero-order valence-electron chi connectivity index (χ0n) is 11.6. The van der Waals surface area contributed by atoms with Gasteiger partial charge >= 0.3 is 0 Å². The quantitative estimate of drug-likeness (QED) is 0.328. The first kappa shape index (κ1) is 16.4. The van der Waals surface area contributed by atoms with Crippen LogP contribution in [0.2, 0.25) is 0 Å². The number of rotatable bonds is 10. The molecular weight excluding hydrogens is 220 g/mol. The van der Waals surface area contributed by atoms with Crippen LogP contribution < -0.4 is 0 Å². The van der Waals surface area contributed by atoms with Crippen LogP contribution in [0.1, 0.15) is 13.8 Å². The molecule has 0 saturated carbocycles. The van der Waals surface area contributed by atoms with E-state index in [0.717, 1.165) is 12.4 Å². The molecule has 0 amide bonds. The van der Waals surface area contributed by atoms with Crippen LogP contribution in [0, 0.1) is 0 Å². The van der Waals surface area contributed by atoms with Crippen molar-refractivity contribution in [3.05, 3.63) is 0 Å². The van der Waals surface area contributed by atoms with Gasteiger partial charge in [0.25, 0.3) is 0 Å². The summed E-state index contributed by atoms with van der Waals surface area (Å²) in [5.74, 6) is 1.02. The van der Waals surface area contributed by atoms with Crippen LogP contribution in [0.4, 0.5) is 0 Å². The van der Waals surface area contributed by atoms with Gasteiger partial charge < -0.3 is 19.1 Å². The van der Waals surface area contributed by atoms with Crippen LogP contribution in [-0.2, 0) is 14.2 Å². The molecule has 0 bridgehead atoms. The second-order valence-corrected chi connectivity index (χ2v) is 3.75. The molecule has 0 rings (SSSR count). The Balaban J connectivity index is 3.16. The zero-order valence-corrected chi connectivity index (χ0v) is 11.6. The van der Waals surface area contributed by atoms with Gasteiger partial charge in [-0.1, -0.05) is 0 Å². The third-order valence-electron chi connectivity index (χ3n) is 2.17. The summed E-state index contributed by atoms with van der Waals surface area (Å²) in [7, 11) is 3.96. The predicted octanol–water partition coefficient (Wildman–Crippen LogP) is 1.04. The fourth-order valence-corrected chi connectivity index (χ4v) is 0.998. The molecule has 0 unspecified atom stereocenters. The molecule has 0 heterocycles. The first-order chi connectivity index (χ1) is 8.18. The molecule has 0 saturated heterocycles. The topological polar surface area (TPSA) is 43.3 Å². The highest BCUT2D eigenvalue weighted by molar-refractivity contribution is 5.79. The molecule has 0 aliphatic rings. The number of hydrogen-bond acceptors (Lipinski definition) is 4. The minimum absolute atomic E-state index is 0.614. The maximum absolute atomic E-state index is 5.38. The Morgan fingerprint density at radius 1 is 0.941 bits per heavy atom. The maximum atomic E-state index is 5.38. The van der Waals surface area contributed by atoms with E-state index in [9.17, 15) is 0 Å². The molecule has 5 nitrogen and oxygen atoms in total. The summed E-state index contributed by atoms with van der Waals surface area (Å²) in [6.45, 7) is 8.55. The van der Waals surface area contributed by atoms with E-state index >= 15 is 0 Å². The first-order valence-electron chi connectivity index (χ1n) is 6.10. The van der Waals surface area contributed by atoms with E-state index in [0.29, 0.717) is 39.6 Å². The molecular formula is C12H26N2O3. The van der Waals surface area contributed by atoms with E-state index in [1.165, 1.54) is 0 Å². The molecule has 0 radical (unpaired) electrons. The van der Waals surface area contributed by atoms with Gasteiger partial charge in [-0.2, -0.15) is 0 Å². The van der Waals surface area contributed by atoms with Crippen LogP contribution in [-0.4, -0.2) is 71.0 Å². The van der Waals surface area contributed by atoms with Gasteiger partial charge in [0, 0.05) is 20.7 Å². The van der Waals surface area contributed by atoms with Crippen LogP contribution >= 0.6 is 0 Å². The van der Waals surface area contributed by atoms with Crippen molar-refractivity contribution >= 4 is 5.84 Å². The molecule has 102 valence electrons. The summed E-state index contributed by atoms with van der Waals surface area (Å²) in [5, 5.41) is 0. The van der Waals surface area contributed by atoms with E-state index in [4.69, 9.17) is 14.2 Å². The Bertz CT molecular complexity index is 196. The second-order valence-electron chi connectivity index (χ2n) is 3.75. The highest BCUT2D eigenvalue weighted by atomic mass is 16.5. The average molecular weight is 246 g/mol. The fraction of sp³-hybridized carbons (Fsp3) is 0.917. The average Bonchev–Trinajstić information content (AvgIpc) is 2.31. The minimum Gasteiger partial charge on any atom is -0.379 e. The van der Waals surface area contributed by atoms with Gasteiger partial charge in [0.15, 0.2) is 0 Å². The number of hydrogen-bond donors (Lipinski definition) is 0. The standard InChI is InChI=1S/C12H26N2O3/c1-5-15-8-9-17-11-10-16-7-6-13-12(2)14(3)4/h5-11H2,1-4H3. The molecule has 17 heavy (non-hydrogen) atoms. The van der Waals surface area contributed by atoms with Crippen molar-refractivity contribution in [2.75, 3.05) is 60.3 Å². The molecule has 0 aromatic heterocycles. The van der Waals surface area contributed by atoms with E-state index in [2.05, 4.69) is 4.99 Å². The third-order valence-corrected chi connectivity index (χ3v) is 2.17. The minimum atomic E-state index is 0.614. The van der Waals surface area contributed by atoms with E-state index < -0.39 is 0 Å². The number of amidine groups is 1. The molecule has 0 aliphatic carbocycles. The zero-order chi connectivity index (χ0) is 12.9. The molecule has 0 fully saturated rings. The Kier molecular flexibility index (Phi) is 11.4. The predicted molar refractivity (Wildman–Crippen MR) is 69.8 cm³/mol. The van der Waals surface area contributed by atoms with Crippen molar-refractivity contribution in [2.24, 2.45) is 4.99 Å². The number of aliphatic imine (C=N–C) groups is 1. The molecule has 0 atom stereocenters. The summed E-state index contributed by atoms with van der Waals surface area (Å²) in [6.07, 6.45) is 0. The lowest BCUT2D eigenvalue weighted by atomic mass is 10.6. The lowest BCUT2D eigenvalue weighted by molar-refractivity contribution is 0.0185. The van der Waals surface area contributed by atoms with Gasteiger partial charge in [-0.15, -0.1) is 0 Å². The van der Waals surface area contributed by atoms with Crippen molar-refractivity contribution in [3.63, 3.8) is 0 Å². The Morgan fingerprint density at radius 3 is 2.00 bits per heavy atom. The van der Waals surface area contributed by atoms with E-state index in [1.54, 1.807) is 0 Å². The summed E-state index contributed by atoms with van der Waals surface area (Å²) < 4.78 is 15.8. The van der Waals surface area contributed by atoms with Crippen LogP contribution in [0.15, 0.2) is 4.99 Å². The van der Waals surface area contributed by atoms with Crippen molar-refractivity contribution < 1.29 is 14.2 Å². The summed E-state index contributed by atoms with van der Waals surface area (Å²) in [6, 6.07) is 0. The van der Waals surface area contributed by atoms with Crippen LogP contribution in [0.25, 0.3) is 0 Å². The normalized spacial score (nSPS) is 11.9. The van der Waals surface area contributed by atoms with Gasteiger partial charge in [-0.3, -0.25) is 4.99 Å². The van der Waals surface area contributed by atoms with Gasteiger partial charge in [0.2, 0.25) is 0 Å². The van der Waals surface area contributed by atoms with Crippen molar-refractivity contribution in [1.29, 1.82) is 0 Å². The van der Waals surface area contributed by atoms with Crippen molar-refractivity contribution in [3.8, 4) is 0 Å². The highest BCUT2D eigenvalue weighted by Gasteiger charge is 1.93. The van der Waals surface area contributed by atoms with Crippen molar-refractivity contribution in [1.82, 2.24) is 4.90 Å². The molecule has 0 aromatic carbocycles. The molecule has 0 N–H and O–H groups in total. The van der Waals surface area contributed by atoms with Gasteiger partial charge in [-0.25, -0.2) is 0 Å². The fourth-order valence-electron chi connectivity index (χ4n) is 0.998. The van der Waals surface area contributed by atoms with E-state index in [1.807, 2.05) is 32.8 Å². The summed E-state index contributed by atoms with van der Waals surface area (Å²) in [5.41, 5.74) is 0. The third kappa shape index (κ3) is 11.6. The highest BCUT2D eigenvalue weighted by Crippen LogP contribution is 1.85. The first-order valence-corrected chi connectivity index (χ1v) is 6.10. The SMILES string of the molecule is CCOCCOCCOCCN=C(C)N(C)C. The van der Waals surface area contributed by atoms with Gasteiger partial charge in [-0.05, 0) is 13.8 Å². The Morgan fingerprint density at radius 2 is 1.47 bits per heavy atom. The number of ether oxygens (including phenoxy) is 3. The van der Waals surface area contributed by atoms with Gasteiger partial charge in [0.1, 0.15) is 0 Å². The summed E-state index contributed by atoms with van der Waals surface area (Å²) >= 11 is 0. The lowest BCUT2D eigenvalue weighted by Crippen LogP contribution is -2.19.